The molecule has 2 N–H and O–H groups in total. The quantitative estimate of drug-likeness (QED) is 0.203. The molecule has 0 bridgehead atoms. The number of rotatable bonds is 11. The predicted octanol–water partition coefficient (Wildman–Crippen LogP) is 2.72. The molecule has 0 aromatic heterocycles. The zero-order valence-electron chi connectivity index (χ0n) is 16.4. The molecule has 0 fully saturated rings. The van der Waals surface area contributed by atoms with Crippen molar-refractivity contribution >= 4 is 11.9 Å². The van der Waals surface area contributed by atoms with Crippen LogP contribution in [0.4, 0.5) is 0 Å². The number of hydrogen-bond acceptors (Lipinski definition) is 8. The molecule has 0 spiro atoms. The highest BCUT2D eigenvalue weighted by Crippen LogP contribution is 2.36. The van der Waals surface area contributed by atoms with Crippen LogP contribution in [0, 0.1) is 0 Å². The van der Waals surface area contributed by atoms with Gasteiger partial charge in [-0.1, -0.05) is 12.1 Å². The van der Waals surface area contributed by atoms with E-state index >= 15 is 0 Å². The summed E-state index contributed by atoms with van der Waals surface area (Å²) in [7, 11) is 1.45. The summed E-state index contributed by atoms with van der Waals surface area (Å²) in [4.78, 5) is 16.9. The molecule has 1 heterocycles. The van der Waals surface area contributed by atoms with Crippen molar-refractivity contribution in [3.05, 3.63) is 35.9 Å². The highest BCUT2D eigenvalue weighted by atomic mass is 16.7. The van der Waals surface area contributed by atoms with Crippen molar-refractivity contribution in [3.8, 4) is 11.5 Å². The van der Waals surface area contributed by atoms with Gasteiger partial charge in [0.25, 0.3) is 0 Å². The number of hydrogen-bond donors (Lipinski definition) is 1. The summed E-state index contributed by atoms with van der Waals surface area (Å²) in [5, 5.41) is 3.84. The summed E-state index contributed by atoms with van der Waals surface area (Å²) in [6, 6.07) is 5.70. The molecule has 154 valence electrons. The summed E-state index contributed by atoms with van der Waals surface area (Å²) in [5.74, 6) is 1.41. The molecular formula is C20H28N2O6. The fourth-order valence-electron chi connectivity index (χ4n) is 2.71. The first-order valence-electron chi connectivity index (χ1n) is 9.33. The van der Waals surface area contributed by atoms with E-state index in [1.165, 1.54) is 7.11 Å². The van der Waals surface area contributed by atoms with Gasteiger partial charge in [0.15, 0.2) is 11.5 Å². The van der Waals surface area contributed by atoms with Gasteiger partial charge in [0, 0.05) is 0 Å². The molecule has 1 aliphatic rings. The zero-order valence-corrected chi connectivity index (χ0v) is 16.4. The summed E-state index contributed by atoms with van der Waals surface area (Å²) in [6.07, 6.45) is 5.18. The van der Waals surface area contributed by atoms with Gasteiger partial charge < -0.3 is 29.5 Å². The van der Waals surface area contributed by atoms with Crippen molar-refractivity contribution in [3.63, 3.8) is 0 Å². The van der Waals surface area contributed by atoms with Gasteiger partial charge in [-0.2, -0.15) is 0 Å². The van der Waals surface area contributed by atoms with Gasteiger partial charge in [-0.25, -0.2) is 0 Å². The number of nitrogens with zero attached hydrogens (tertiary/aromatic N) is 1. The Kier molecular flexibility index (Phi) is 9.14. The van der Waals surface area contributed by atoms with Gasteiger partial charge in [-0.05, 0) is 61.2 Å². The lowest BCUT2D eigenvalue weighted by molar-refractivity contribution is -0.143. The highest BCUT2D eigenvalue weighted by Gasteiger charge is 2.20. The largest absolute Gasteiger partial charge is 0.476 e. The van der Waals surface area contributed by atoms with Crippen LogP contribution in [0.5, 0.6) is 11.5 Å². The number of carbonyl (C=O) groups excluding carboxylic acids is 1. The van der Waals surface area contributed by atoms with E-state index < -0.39 is 0 Å². The van der Waals surface area contributed by atoms with Crippen molar-refractivity contribution in [2.45, 2.75) is 32.1 Å². The van der Waals surface area contributed by atoms with Crippen LogP contribution in [0.25, 0.3) is 0 Å². The molecule has 0 amide bonds. The van der Waals surface area contributed by atoms with E-state index in [1.807, 2.05) is 24.3 Å². The molecule has 1 atom stereocenters. The van der Waals surface area contributed by atoms with Crippen LogP contribution in [0.15, 0.2) is 35.5 Å². The van der Waals surface area contributed by atoms with Crippen LogP contribution >= 0.6 is 0 Å². The predicted molar refractivity (Wildman–Crippen MR) is 104 cm³/mol. The summed E-state index contributed by atoms with van der Waals surface area (Å²) >= 11 is 0. The second-order valence-corrected chi connectivity index (χ2v) is 6.06. The molecule has 1 aliphatic heterocycles. The smallest absolute Gasteiger partial charge is 0.306 e. The SMILES string of the molecule is CCOC(=O)CC(C/C=C/C(=N\OC)OCCCN)c1ccc2c(c1)OCO2. The van der Waals surface area contributed by atoms with E-state index in [0.717, 1.165) is 12.0 Å². The number of nitrogens with two attached hydrogens (primary N) is 1. The third kappa shape index (κ3) is 6.77. The Labute approximate surface area is 165 Å². The Balaban J connectivity index is 2.08. The highest BCUT2D eigenvalue weighted by molar-refractivity contribution is 5.87. The second kappa shape index (κ2) is 11.9. The van der Waals surface area contributed by atoms with Crippen LogP contribution in [0.3, 0.4) is 0 Å². The number of ether oxygens (including phenoxy) is 4. The third-order valence-corrected chi connectivity index (χ3v) is 4.05. The number of benzene rings is 1. The Morgan fingerprint density at radius 1 is 1.32 bits per heavy atom. The minimum absolute atomic E-state index is 0.0855. The lowest BCUT2D eigenvalue weighted by atomic mass is 9.92. The van der Waals surface area contributed by atoms with Gasteiger partial charge in [-0.15, -0.1) is 0 Å². The maximum absolute atomic E-state index is 12.1. The molecule has 2 rings (SSSR count). The second-order valence-electron chi connectivity index (χ2n) is 6.06. The van der Waals surface area contributed by atoms with Crippen LogP contribution in [0.1, 0.15) is 37.7 Å². The van der Waals surface area contributed by atoms with Gasteiger partial charge >= 0.3 is 5.97 Å². The van der Waals surface area contributed by atoms with Gasteiger partial charge in [0.1, 0.15) is 7.11 Å². The Morgan fingerprint density at radius 3 is 2.89 bits per heavy atom. The molecule has 0 radical (unpaired) electrons. The van der Waals surface area contributed by atoms with Gasteiger partial charge in [0.2, 0.25) is 12.7 Å². The molecule has 8 nitrogen and oxygen atoms in total. The molecule has 0 aliphatic carbocycles. The summed E-state index contributed by atoms with van der Waals surface area (Å²) < 4.78 is 21.4. The van der Waals surface area contributed by atoms with Crippen molar-refractivity contribution < 1.29 is 28.6 Å². The molecule has 8 heteroatoms. The zero-order chi connectivity index (χ0) is 20.2. The van der Waals surface area contributed by atoms with E-state index in [0.29, 0.717) is 43.6 Å². The third-order valence-electron chi connectivity index (χ3n) is 4.05. The van der Waals surface area contributed by atoms with Gasteiger partial charge in [-0.3, -0.25) is 4.79 Å². The number of esters is 1. The molecule has 1 aromatic rings. The fourth-order valence-corrected chi connectivity index (χ4v) is 2.71. The summed E-state index contributed by atoms with van der Waals surface area (Å²) in [6.45, 7) is 3.34. The number of oxime groups is 1. The Bertz CT molecular complexity index is 689. The Morgan fingerprint density at radius 2 is 2.14 bits per heavy atom. The molecular weight excluding hydrogens is 364 g/mol. The molecule has 0 saturated heterocycles. The van der Waals surface area contributed by atoms with Crippen molar-refractivity contribution in [1.82, 2.24) is 0 Å². The summed E-state index contributed by atoms with van der Waals surface area (Å²) in [5.41, 5.74) is 6.44. The topological polar surface area (TPSA) is 102 Å². The monoisotopic (exact) mass is 392 g/mol. The van der Waals surface area contributed by atoms with E-state index in [4.69, 9.17) is 29.5 Å². The van der Waals surface area contributed by atoms with Crippen LogP contribution in [-0.2, 0) is 19.1 Å². The molecule has 28 heavy (non-hydrogen) atoms. The lowest BCUT2D eigenvalue weighted by Gasteiger charge is -2.15. The minimum Gasteiger partial charge on any atom is -0.476 e. The van der Waals surface area contributed by atoms with Gasteiger partial charge in [0.05, 0.1) is 19.6 Å². The van der Waals surface area contributed by atoms with Crippen LogP contribution in [0.2, 0.25) is 0 Å². The van der Waals surface area contributed by atoms with E-state index in [-0.39, 0.29) is 25.1 Å². The van der Waals surface area contributed by atoms with Crippen molar-refractivity contribution in [1.29, 1.82) is 0 Å². The Hall–Kier alpha value is -2.74. The molecule has 1 aromatic carbocycles. The van der Waals surface area contributed by atoms with Crippen LogP contribution < -0.4 is 15.2 Å². The average molecular weight is 392 g/mol. The maximum Gasteiger partial charge on any atom is 0.306 e. The first-order chi connectivity index (χ1) is 13.7. The average Bonchev–Trinajstić information content (AvgIpc) is 3.15. The van der Waals surface area contributed by atoms with Crippen LogP contribution in [-0.4, -0.2) is 45.5 Å². The number of carbonyl (C=O) groups is 1. The van der Waals surface area contributed by atoms with Crippen molar-refractivity contribution in [2.75, 3.05) is 33.7 Å². The van der Waals surface area contributed by atoms with E-state index in [1.54, 1.807) is 13.0 Å². The normalized spacial score (nSPS) is 14.2. The standard InChI is InChI=1S/C20H28N2O6/c1-3-25-20(23)13-15(16-8-9-17-18(12-16)28-14-27-17)6-4-7-19(22-24-2)26-11-5-10-21/h4,7-9,12,15H,3,5-6,10-11,13-14,21H2,1-2H3/b7-4+,22-19+. The number of fused-ring (bicyclic) bond motifs is 1. The molecule has 0 saturated carbocycles. The minimum atomic E-state index is -0.247. The first-order valence-corrected chi connectivity index (χ1v) is 9.33. The van der Waals surface area contributed by atoms with E-state index in [2.05, 4.69) is 5.16 Å². The number of allylic oxidation sites excluding steroid dienone is 1. The fraction of sp³-hybridized carbons (Fsp3) is 0.500. The molecule has 1 unspecified atom stereocenters. The maximum atomic E-state index is 12.1. The first kappa shape index (κ1) is 21.6. The van der Waals surface area contributed by atoms with E-state index in [9.17, 15) is 4.79 Å². The van der Waals surface area contributed by atoms with Crippen molar-refractivity contribution in [2.24, 2.45) is 10.9 Å². The lowest BCUT2D eigenvalue weighted by Crippen LogP contribution is -2.11.